The van der Waals surface area contributed by atoms with Crippen molar-refractivity contribution in [3.05, 3.63) is 30.1 Å². The molecule has 2 rings (SSSR count). The van der Waals surface area contributed by atoms with Crippen LogP contribution in [0.15, 0.2) is 29.3 Å². The molecule has 0 unspecified atom stereocenters. The summed E-state index contributed by atoms with van der Waals surface area (Å²) in [5.74, 6) is 0.504. The summed E-state index contributed by atoms with van der Waals surface area (Å²) in [5.41, 5.74) is 0.637. The molecule has 0 bridgehead atoms. The van der Waals surface area contributed by atoms with Crippen molar-refractivity contribution >= 4 is 41.5 Å². The van der Waals surface area contributed by atoms with Gasteiger partial charge in [-0.2, -0.15) is 0 Å². The Morgan fingerprint density at radius 3 is 2.42 bits per heavy atom. The molecule has 8 heteroatoms. The first-order valence-electron chi connectivity index (χ1n) is 7.68. The smallest absolute Gasteiger partial charge is 0.241 e. The van der Waals surface area contributed by atoms with Crippen LogP contribution in [0.5, 0.6) is 0 Å². The number of para-hydroxylation sites is 1. The molecule has 1 heterocycles. The van der Waals surface area contributed by atoms with Crippen LogP contribution in [0.2, 0.25) is 0 Å². The fourth-order valence-corrected chi connectivity index (χ4v) is 2.51. The predicted octanol–water partition coefficient (Wildman–Crippen LogP) is 1.23. The summed E-state index contributed by atoms with van der Waals surface area (Å²) in [6.45, 7) is 3.09. The van der Waals surface area contributed by atoms with Crippen LogP contribution >= 0.6 is 24.0 Å². The van der Waals surface area contributed by atoms with Gasteiger partial charge in [0, 0.05) is 47.3 Å². The molecule has 1 amide bonds. The van der Waals surface area contributed by atoms with Gasteiger partial charge in [0.1, 0.15) is 5.82 Å². The SMILES string of the molecule is CN=C(NCC(=O)N(C)C)N1CCN(c2ccccc2F)CC1.I. The lowest BCUT2D eigenvalue weighted by atomic mass is 10.2. The molecule has 0 radical (unpaired) electrons. The summed E-state index contributed by atoms with van der Waals surface area (Å²) in [7, 11) is 5.14. The number of halogens is 2. The first-order chi connectivity index (χ1) is 11.0. The lowest BCUT2D eigenvalue weighted by Gasteiger charge is -2.37. The second-order valence-electron chi connectivity index (χ2n) is 5.61. The number of hydrogen-bond acceptors (Lipinski definition) is 3. The Morgan fingerprint density at radius 2 is 1.88 bits per heavy atom. The first kappa shape index (κ1) is 20.5. The number of carbonyl (C=O) groups excluding carboxylic acids is 1. The number of anilines is 1. The predicted molar refractivity (Wildman–Crippen MR) is 106 cm³/mol. The fraction of sp³-hybridized carbons (Fsp3) is 0.500. The van der Waals surface area contributed by atoms with Crippen molar-refractivity contribution < 1.29 is 9.18 Å². The molecular formula is C16H25FIN5O. The molecule has 1 aliphatic heterocycles. The number of nitrogens with one attached hydrogen (secondary N) is 1. The molecule has 1 N–H and O–H groups in total. The van der Waals surface area contributed by atoms with Crippen molar-refractivity contribution in [2.24, 2.45) is 4.99 Å². The van der Waals surface area contributed by atoms with Gasteiger partial charge in [0.15, 0.2) is 5.96 Å². The largest absolute Gasteiger partial charge is 0.366 e. The number of aliphatic imine (C=N–C) groups is 1. The van der Waals surface area contributed by atoms with Gasteiger partial charge in [-0.05, 0) is 12.1 Å². The van der Waals surface area contributed by atoms with Gasteiger partial charge in [-0.25, -0.2) is 4.39 Å². The van der Waals surface area contributed by atoms with E-state index in [1.54, 1.807) is 33.3 Å². The normalized spacial score (nSPS) is 14.9. The van der Waals surface area contributed by atoms with Gasteiger partial charge in [0.05, 0.1) is 12.2 Å². The number of amides is 1. The summed E-state index contributed by atoms with van der Waals surface area (Å²) in [4.78, 5) is 21.5. The Balaban J connectivity index is 0.00000288. The Hall–Kier alpha value is -1.58. The highest BCUT2D eigenvalue weighted by Gasteiger charge is 2.21. The van der Waals surface area contributed by atoms with Gasteiger partial charge in [-0.15, -0.1) is 24.0 Å². The molecule has 134 valence electrons. The van der Waals surface area contributed by atoms with E-state index in [0.29, 0.717) is 24.7 Å². The van der Waals surface area contributed by atoms with Gasteiger partial charge < -0.3 is 20.0 Å². The third-order valence-electron chi connectivity index (χ3n) is 3.88. The van der Waals surface area contributed by atoms with Crippen molar-refractivity contribution in [2.45, 2.75) is 0 Å². The lowest BCUT2D eigenvalue weighted by molar-refractivity contribution is -0.127. The van der Waals surface area contributed by atoms with Gasteiger partial charge in [0.25, 0.3) is 0 Å². The highest BCUT2D eigenvalue weighted by molar-refractivity contribution is 14.0. The fourth-order valence-electron chi connectivity index (χ4n) is 2.51. The lowest BCUT2D eigenvalue weighted by Crippen LogP contribution is -2.53. The molecule has 6 nitrogen and oxygen atoms in total. The van der Waals surface area contributed by atoms with Crippen molar-refractivity contribution in [1.29, 1.82) is 0 Å². The van der Waals surface area contributed by atoms with E-state index in [0.717, 1.165) is 13.1 Å². The molecular weight excluding hydrogens is 424 g/mol. The Bertz CT molecular complexity index is 573. The van der Waals surface area contributed by atoms with E-state index in [9.17, 15) is 9.18 Å². The molecule has 0 spiro atoms. The van der Waals surface area contributed by atoms with Crippen LogP contribution in [-0.2, 0) is 4.79 Å². The number of benzene rings is 1. The zero-order chi connectivity index (χ0) is 16.8. The summed E-state index contributed by atoms with van der Waals surface area (Å²) in [6, 6.07) is 6.82. The number of hydrogen-bond donors (Lipinski definition) is 1. The average Bonchev–Trinajstić information content (AvgIpc) is 2.56. The summed E-state index contributed by atoms with van der Waals surface area (Å²) in [5, 5.41) is 3.08. The first-order valence-corrected chi connectivity index (χ1v) is 7.68. The van der Waals surface area contributed by atoms with E-state index in [1.807, 2.05) is 11.0 Å². The minimum absolute atomic E-state index is 0. The van der Waals surface area contributed by atoms with E-state index < -0.39 is 0 Å². The van der Waals surface area contributed by atoms with Gasteiger partial charge in [0.2, 0.25) is 5.91 Å². The van der Waals surface area contributed by atoms with Crippen LogP contribution in [-0.4, -0.2) is 75.5 Å². The summed E-state index contributed by atoms with van der Waals surface area (Å²) >= 11 is 0. The third-order valence-corrected chi connectivity index (χ3v) is 3.88. The van der Waals surface area contributed by atoms with Crippen LogP contribution < -0.4 is 10.2 Å². The zero-order valence-electron chi connectivity index (χ0n) is 14.3. The van der Waals surface area contributed by atoms with Crippen molar-refractivity contribution in [2.75, 3.05) is 58.8 Å². The van der Waals surface area contributed by atoms with E-state index in [-0.39, 0.29) is 42.2 Å². The number of guanidine groups is 1. The maximum absolute atomic E-state index is 13.8. The molecule has 0 saturated carbocycles. The quantitative estimate of drug-likeness (QED) is 0.429. The molecule has 24 heavy (non-hydrogen) atoms. The van der Waals surface area contributed by atoms with Crippen molar-refractivity contribution in [1.82, 2.24) is 15.1 Å². The van der Waals surface area contributed by atoms with Crippen LogP contribution in [0.1, 0.15) is 0 Å². The van der Waals surface area contributed by atoms with Crippen LogP contribution in [0.3, 0.4) is 0 Å². The highest BCUT2D eigenvalue weighted by Crippen LogP contribution is 2.20. The Morgan fingerprint density at radius 1 is 1.25 bits per heavy atom. The molecule has 0 atom stereocenters. The Labute approximate surface area is 159 Å². The monoisotopic (exact) mass is 449 g/mol. The van der Waals surface area contributed by atoms with E-state index in [1.165, 1.54) is 11.0 Å². The highest BCUT2D eigenvalue weighted by atomic mass is 127. The van der Waals surface area contributed by atoms with Crippen molar-refractivity contribution in [3.63, 3.8) is 0 Å². The van der Waals surface area contributed by atoms with Gasteiger partial charge >= 0.3 is 0 Å². The van der Waals surface area contributed by atoms with E-state index in [4.69, 9.17) is 0 Å². The molecule has 1 aliphatic rings. The molecule has 1 aromatic rings. The van der Waals surface area contributed by atoms with Crippen LogP contribution in [0.25, 0.3) is 0 Å². The maximum Gasteiger partial charge on any atom is 0.241 e. The average molecular weight is 449 g/mol. The van der Waals surface area contributed by atoms with Crippen molar-refractivity contribution in [3.8, 4) is 0 Å². The molecule has 0 aromatic heterocycles. The second-order valence-corrected chi connectivity index (χ2v) is 5.61. The minimum atomic E-state index is -0.194. The topological polar surface area (TPSA) is 51.2 Å². The Kier molecular flexibility index (Phi) is 8.23. The third kappa shape index (κ3) is 5.22. The van der Waals surface area contributed by atoms with E-state index in [2.05, 4.69) is 15.2 Å². The summed E-state index contributed by atoms with van der Waals surface area (Å²) < 4.78 is 13.8. The zero-order valence-corrected chi connectivity index (χ0v) is 16.7. The number of rotatable bonds is 3. The summed E-state index contributed by atoms with van der Waals surface area (Å²) in [6.07, 6.45) is 0. The van der Waals surface area contributed by atoms with Crippen LogP contribution in [0, 0.1) is 5.82 Å². The maximum atomic E-state index is 13.8. The van der Waals surface area contributed by atoms with Gasteiger partial charge in [-0.3, -0.25) is 9.79 Å². The second kappa shape index (κ2) is 9.65. The number of carbonyl (C=O) groups is 1. The molecule has 1 fully saturated rings. The van der Waals surface area contributed by atoms with E-state index >= 15 is 0 Å². The number of likely N-dealkylation sites (N-methyl/N-ethyl adjacent to an activating group) is 1. The number of nitrogens with zero attached hydrogens (tertiary/aromatic N) is 4. The molecule has 1 aromatic carbocycles. The molecule has 0 aliphatic carbocycles. The number of piperazine rings is 1. The molecule has 1 saturated heterocycles. The minimum Gasteiger partial charge on any atom is -0.366 e. The standard InChI is InChI=1S/C16H24FN5O.HI/c1-18-16(19-12-15(23)20(2)3)22-10-8-21(9-11-22)14-7-5-4-6-13(14)17;/h4-7H,8-12H2,1-3H3,(H,18,19);1H. The van der Waals surface area contributed by atoms with Crippen LogP contribution in [0.4, 0.5) is 10.1 Å². The van der Waals surface area contributed by atoms with Gasteiger partial charge in [-0.1, -0.05) is 12.1 Å².